The van der Waals surface area contributed by atoms with E-state index in [4.69, 9.17) is 0 Å². The Balaban J connectivity index is 0.00000102. The summed E-state index contributed by atoms with van der Waals surface area (Å²) in [5, 5.41) is 1.95. The highest BCUT2D eigenvalue weighted by Gasteiger charge is 2.25. The summed E-state index contributed by atoms with van der Waals surface area (Å²) in [4.78, 5) is 0. The minimum atomic E-state index is -2.44. The summed E-state index contributed by atoms with van der Waals surface area (Å²) >= 11 is 0. The van der Waals surface area contributed by atoms with E-state index in [0.29, 0.717) is 0 Å². The van der Waals surface area contributed by atoms with Crippen LogP contribution in [-0.2, 0) is 4.57 Å². The molecule has 0 spiro atoms. The smallest absolute Gasteiger partial charge is 0.143 e. The highest BCUT2D eigenvalue weighted by molar-refractivity contribution is 7.78. The van der Waals surface area contributed by atoms with Crippen molar-refractivity contribution in [2.24, 2.45) is 0 Å². The van der Waals surface area contributed by atoms with Gasteiger partial charge in [0.25, 0.3) is 0 Å². The molecule has 0 N–H and O–H groups in total. The first-order chi connectivity index (χ1) is 10.8. The molecule has 22 heavy (non-hydrogen) atoms. The second kappa shape index (κ2) is 12.2. The van der Waals surface area contributed by atoms with Gasteiger partial charge in [-0.05, 0) is 6.42 Å². The van der Waals surface area contributed by atoms with E-state index in [2.05, 4.69) is 6.92 Å². The monoisotopic (exact) mass is 318 g/mol. The average molecular weight is 318 g/mol. The zero-order valence-corrected chi connectivity index (χ0v) is 15.6. The Morgan fingerprint density at radius 3 is 1.41 bits per heavy atom. The van der Waals surface area contributed by atoms with E-state index in [1.165, 1.54) is 0 Å². The first-order valence-electron chi connectivity index (χ1n) is 8.47. The highest BCUT2D eigenvalue weighted by Crippen LogP contribution is 2.43. The lowest BCUT2D eigenvalue weighted by atomic mass is 10.4. The van der Waals surface area contributed by atoms with Gasteiger partial charge in [-0.2, -0.15) is 0 Å². The Hall–Kier alpha value is -1.33. The van der Waals surface area contributed by atoms with Gasteiger partial charge >= 0.3 is 0 Å². The van der Waals surface area contributed by atoms with E-state index in [1.54, 1.807) is 0 Å². The molecule has 0 atom stereocenters. The molecule has 1 nitrogen and oxygen atoms in total. The van der Waals surface area contributed by atoms with Crippen LogP contribution in [0.4, 0.5) is 0 Å². The van der Waals surface area contributed by atoms with E-state index in [0.717, 1.165) is 29.6 Å². The fourth-order valence-corrected chi connectivity index (χ4v) is 5.01. The maximum absolute atomic E-state index is 13.4. The van der Waals surface area contributed by atoms with Crippen LogP contribution in [0, 0.1) is 0 Å². The van der Waals surface area contributed by atoms with Crippen LogP contribution >= 0.6 is 7.14 Å². The summed E-state index contributed by atoms with van der Waals surface area (Å²) in [7, 11) is -2.44. The van der Waals surface area contributed by atoms with Gasteiger partial charge in [-0.3, -0.25) is 0 Å². The summed E-state index contributed by atoms with van der Waals surface area (Å²) in [5.41, 5.74) is 0. The standard InChI is InChI=1S/C16H19OP.2C2H6/c1-2-3-14-18(17,15-10-6-4-7-11-15)16-12-8-5-9-13-16;2*1-2/h4-13H,2-3,14H2,1H3;2*1-2H3. The molecule has 0 unspecified atom stereocenters. The van der Waals surface area contributed by atoms with Crippen LogP contribution in [0.5, 0.6) is 0 Å². The fraction of sp³-hybridized carbons (Fsp3) is 0.400. The van der Waals surface area contributed by atoms with Crippen LogP contribution in [0.3, 0.4) is 0 Å². The SMILES string of the molecule is CC.CC.CCCCP(=O)(c1ccccc1)c1ccccc1. The van der Waals surface area contributed by atoms with Gasteiger partial charge in [0.05, 0.1) is 0 Å². The van der Waals surface area contributed by atoms with Crippen molar-refractivity contribution < 1.29 is 4.57 Å². The van der Waals surface area contributed by atoms with E-state index in [1.807, 2.05) is 88.4 Å². The minimum Gasteiger partial charge on any atom is -0.314 e. The van der Waals surface area contributed by atoms with Crippen molar-refractivity contribution >= 4 is 17.8 Å². The summed E-state index contributed by atoms with van der Waals surface area (Å²) < 4.78 is 13.4. The molecule has 2 rings (SSSR count). The molecule has 0 fully saturated rings. The zero-order valence-electron chi connectivity index (χ0n) is 14.8. The van der Waals surface area contributed by atoms with Crippen molar-refractivity contribution in [1.29, 1.82) is 0 Å². The largest absolute Gasteiger partial charge is 0.314 e. The summed E-state index contributed by atoms with van der Waals surface area (Å²) in [6, 6.07) is 19.8. The fourth-order valence-electron chi connectivity index (χ4n) is 2.13. The molecule has 122 valence electrons. The average Bonchev–Trinajstić information content (AvgIpc) is 2.64. The number of hydrogen-bond donors (Lipinski definition) is 0. The molecule has 0 saturated carbocycles. The highest BCUT2D eigenvalue weighted by atomic mass is 31.2. The summed E-state index contributed by atoms with van der Waals surface area (Å²) in [5.74, 6) is 0. The third-order valence-corrected chi connectivity index (χ3v) is 6.38. The van der Waals surface area contributed by atoms with Gasteiger partial charge in [0, 0.05) is 16.8 Å². The van der Waals surface area contributed by atoms with Gasteiger partial charge in [0.1, 0.15) is 7.14 Å². The third-order valence-electron chi connectivity index (χ3n) is 3.17. The van der Waals surface area contributed by atoms with Crippen molar-refractivity contribution in [1.82, 2.24) is 0 Å². The van der Waals surface area contributed by atoms with Gasteiger partial charge in [-0.15, -0.1) is 0 Å². The Labute approximate surface area is 137 Å². The molecule has 0 aliphatic rings. The lowest BCUT2D eigenvalue weighted by molar-refractivity contribution is 0.585. The Morgan fingerprint density at radius 1 is 0.727 bits per heavy atom. The Morgan fingerprint density at radius 2 is 1.09 bits per heavy atom. The van der Waals surface area contributed by atoms with E-state index >= 15 is 0 Å². The first-order valence-corrected chi connectivity index (χ1v) is 10.4. The minimum absolute atomic E-state index is 0.761. The first kappa shape index (κ1) is 20.7. The summed E-state index contributed by atoms with van der Waals surface area (Å²) in [6.07, 6.45) is 2.84. The maximum atomic E-state index is 13.4. The molecular weight excluding hydrogens is 287 g/mol. The lowest BCUT2D eigenvalue weighted by Gasteiger charge is -2.19. The zero-order chi connectivity index (χ0) is 16.8. The van der Waals surface area contributed by atoms with Crippen LogP contribution in [-0.4, -0.2) is 6.16 Å². The Bertz CT molecular complexity index is 476. The van der Waals surface area contributed by atoms with E-state index in [9.17, 15) is 4.57 Å². The molecular formula is C20H31OP. The molecule has 0 amide bonds. The molecule has 0 aliphatic heterocycles. The lowest BCUT2D eigenvalue weighted by Crippen LogP contribution is -2.18. The molecule has 0 aliphatic carbocycles. The second-order valence-corrected chi connectivity index (χ2v) is 7.45. The van der Waals surface area contributed by atoms with Gasteiger partial charge in [-0.25, -0.2) is 0 Å². The predicted octanol–water partition coefficient (Wildman–Crippen LogP) is 5.85. The molecule has 0 aromatic heterocycles. The quantitative estimate of drug-likeness (QED) is 0.632. The van der Waals surface area contributed by atoms with Crippen LogP contribution in [0.15, 0.2) is 60.7 Å². The normalized spacial score (nSPS) is 9.86. The molecule has 0 heterocycles. The predicted molar refractivity (Wildman–Crippen MR) is 102 cm³/mol. The van der Waals surface area contributed by atoms with Crippen molar-refractivity contribution in [3.8, 4) is 0 Å². The van der Waals surface area contributed by atoms with Gasteiger partial charge in [0.2, 0.25) is 0 Å². The van der Waals surface area contributed by atoms with Crippen LogP contribution in [0.25, 0.3) is 0 Å². The van der Waals surface area contributed by atoms with Crippen LogP contribution < -0.4 is 10.6 Å². The number of rotatable bonds is 5. The molecule has 0 saturated heterocycles. The topological polar surface area (TPSA) is 17.1 Å². The van der Waals surface area contributed by atoms with Crippen LogP contribution in [0.1, 0.15) is 47.5 Å². The van der Waals surface area contributed by atoms with Gasteiger partial charge < -0.3 is 4.57 Å². The van der Waals surface area contributed by atoms with E-state index in [-0.39, 0.29) is 0 Å². The van der Waals surface area contributed by atoms with Gasteiger partial charge in [-0.1, -0.05) is 102 Å². The van der Waals surface area contributed by atoms with Crippen molar-refractivity contribution in [3.05, 3.63) is 60.7 Å². The number of hydrogen-bond acceptors (Lipinski definition) is 1. The number of unbranched alkanes of at least 4 members (excludes halogenated alkanes) is 1. The third kappa shape index (κ3) is 5.81. The van der Waals surface area contributed by atoms with Gasteiger partial charge in [0.15, 0.2) is 0 Å². The number of benzene rings is 2. The molecule has 0 radical (unpaired) electrons. The molecule has 2 heteroatoms. The maximum Gasteiger partial charge on any atom is 0.143 e. The van der Waals surface area contributed by atoms with Crippen molar-refractivity contribution in [2.45, 2.75) is 47.5 Å². The van der Waals surface area contributed by atoms with E-state index < -0.39 is 7.14 Å². The molecule has 2 aromatic rings. The molecule has 2 aromatic carbocycles. The Kier molecular flexibility index (Phi) is 11.5. The molecule has 0 bridgehead atoms. The van der Waals surface area contributed by atoms with Crippen molar-refractivity contribution in [2.75, 3.05) is 6.16 Å². The van der Waals surface area contributed by atoms with Crippen molar-refractivity contribution in [3.63, 3.8) is 0 Å². The second-order valence-electron chi connectivity index (χ2n) is 4.49. The van der Waals surface area contributed by atoms with Crippen LogP contribution in [0.2, 0.25) is 0 Å². The summed E-state index contributed by atoms with van der Waals surface area (Å²) in [6.45, 7) is 10.1.